The Bertz CT molecular complexity index is 568. The maximum Gasteiger partial charge on any atom is 0.306 e. The summed E-state index contributed by atoms with van der Waals surface area (Å²) in [6.45, 7) is 2.90. The van der Waals surface area contributed by atoms with Gasteiger partial charge in [-0.05, 0) is 49.1 Å². The minimum absolute atomic E-state index is 0.107. The van der Waals surface area contributed by atoms with Gasteiger partial charge in [0.15, 0.2) is 0 Å². The van der Waals surface area contributed by atoms with Crippen LogP contribution in [0.15, 0.2) is 11.4 Å². The molecule has 0 radical (unpaired) electrons. The zero-order valence-corrected chi connectivity index (χ0v) is 13.8. The van der Waals surface area contributed by atoms with Crippen molar-refractivity contribution >= 4 is 23.2 Å². The number of carbonyl (C=O) groups is 2. The van der Waals surface area contributed by atoms with E-state index in [9.17, 15) is 14.7 Å². The Hall–Kier alpha value is -1.36. The van der Waals surface area contributed by atoms with Crippen LogP contribution in [0.25, 0.3) is 0 Å². The minimum atomic E-state index is -0.747. The summed E-state index contributed by atoms with van der Waals surface area (Å²) in [6.07, 6.45) is 4.77. The Morgan fingerprint density at radius 2 is 2.14 bits per heavy atom. The molecule has 120 valence electrons. The first-order valence-corrected chi connectivity index (χ1v) is 9.09. The van der Waals surface area contributed by atoms with Crippen molar-refractivity contribution < 1.29 is 14.7 Å². The third-order valence-corrected chi connectivity index (χ3v) is 6.13. The molecule has 1 aliphatic carbocycles. The van der Waals surface area contributed by atoms with Gasteiger partial charge in [-0.2, -0.15) is 0 Å². The first kappa shape index (κ1) is 15.5. The fourth-order valence-electron chi connectivity index (χ4n) is 3.97. The molecule has 1 aliphatic heterocycles. The summed E-state index contributed by atoms with van der Waals surface area (Å²) in [5.41, 5.74) is 1.30. The summed E-state index contributed by atoms with van der Waals surface area (Å²) in [7, 11) is 0. The monoisotopic (exact) mass is 321 g/mol. The highest BCUT2D eigenvalue weighted by atomic mass is 32.1. The van der Waals surface area contributed by atoms with Crippen LogP contribution in [-0.2, 0) is 16.0 Å². The van der Waals surface area contributed by atoms with Crippen molar-refractivity contribution in [3.8, 4) is 0 Å². The number of amides is 1. The van der Waals surface area contributed by atoms with Gasteiger partial charge in [0.25, 0.3) is 0 Å². The number of thiophene rings is 1. The summed E-state index contributed by atoms with van der Waals surface area (Å²) in [5.74, 6) is -1.02. The number of hydrogen-bond acceptors (Lipinski definition) is 3. The summed E-state index contributed by atoms with van der Waals surface area (Å²) < 4.78 is 0. The van der Waals surface area contributed by atoms with E-state index in [2.05, 4.69) is 18.4 Å². The molecule has 1 aromatic rings. The third kappa shape index (κ3) is 2.78. The van der Waals surface area contributed by atoms with E-state index in [4.69, 9.17) is 0 Å². The molecule has 1 aromatic heterocycles. The molecule has 1 amide bonds. The molecule has 2 heterocycles. The lowest BCUT2D eigenvalue weighted by Crippen LogP contribution is -2.44. The Labute approximate surface area is 135 Å². The molecule has 3 rings (SSSR count). The molecule has 1 fully saturated rings. The Balaban J connectivity index is 1.76. The maximum absolute atomic E-state index is 13.0. The average Bonchev–Trinajstić information content (AvgIpc) is 3.01. The van der Waals surface area contributed by atoms with Gasteiger partial charge in [-0.3, -0.25) is 9.59 Å². The molecule has 1 saturated carbocycles. The Morgan fingerprint density at radius 1 is 1.36 bits per heavy atom. The number of hydrogen-bond donors (Lipinski definition) is 1. The molecule has 22 heavy (non-hydrogen) atoms. The minimum Gasteiger partial charge on any atom is -0.481 e. The molecule has 1 N–H and O–H groups in total. The second kappa shape index (κ2) is 6.41. The zero-order chi connectivity index (χ0) is 15.7. The van der Waals surface area contributed by atoms with Gasteiger partial charge in [-0.1, -0.05) is 13.3 Å². The Morgan fingerprint density at radius 3 is 2.86 bits per heavy atom. The van der Waals surface area contributed by atoms with Crippen LogP contribution in [0.2, 0.25) is 0 Å². The fraction of sp³-hybridized carbons (Fsp3) is 0.647. The second-order valence-corrected chi connectivity index (χ2v) is 7.40. The number of carbonyl (C=O) groups excluding carboxylic acids is 1. The van der Waals surface area contributed by atoms with Crippen molar-refractivity contribution in [3.63, 3.8) is 0 Å². The number of fused-ring (bicyclic) bond motifs is 1. The predicted octanol–water partition coefficient (Wildman–Crippen LogP) is 3.47. The van der Waals surface area contributed by atoms with Crippen LogP contribution in [0.4, 0.5) is 0 Å². The quantitative estimate of drug-likeness (QED) is 0.927. The van der Waals surface area contributed by atoms with Gasteiger partial charge in [0.2, 0.25) is 5.91 Å². The Kier molecular flexibility index (Phi) is 4.52. The topological polar surface area (TPSA) is 57.6 Å². The molecule has 3 unspecified atom stereocenters. The predicted molar refractivity (Wildman–Crippen MR) is 85.9 cm³/mol. The summed E-state index contributed by atoms with van der Waals surface area (Å²) >= 11 is 1.78. The van der Waals surface area contributed by atoms with Crippen molar-refractivity contribution in [2.45, 2.75) is 51.5 Å². The highest BCUT2D eigenvalue weighted by Gasteiger charge is 2.37. The van der Waals surface area contributed by atoms with Crippen LogP contribution in [-0.4, -0.2) is 28.4 Å². The van der Waals surface area contributed by atoms with Gasteiger partial charge in [-0.25, -0.2) is 0 Å². The number of carboxylic acid groups (broad SMARTS) is 1. The second-order valence-electron chi connectivity index (χ2n) is 6.40. The van der Waals surface area contributed by atoms with Crippen molar-refractivity contribution in [2.24, 2.45) is 11.8 Å². The van der Waals surface area contributed by atoms with Crippen LogP contribution in [0.5, 0.6) is 0 Å². The zero-order valence-electron chi connectivity index (χ0n) is 13.0. The number of aliphatic carboxylic acids is 1. The van der Waals surface area contributed by atoms with Gasteiger partial charge in [0.1, 0.15) is 0 Å². The molecule has 0 bridgehead atoms. The van der Waals surface area contributed by atoms with Gasteiger partial charge < -0.3 is 10.0 Å². The van der Waals surface area contributed by atoms with E-state index < -0.39 is 5.97 Å². The summed E-state index contributed by atoms with van der Waals surface area (Å²) in [4.78, 5) is 27.6. The molecule has 3 atom stereocenters. The average molecular weight is 321 g/mol. The van der Waals surface area contributed by atoms with Crippen molar-refractivity contribution in [2.75, 3.05) is 6.54 Å². The first-order chi connectivity index (χ1) is 10.6. The van der Waals surface area contributed by atoms with Crippen molar-refractivity contribution in [1.82, 2.24) is 4.90 Å². The van der Waals surface area contributed by atoms with Crippen molar-refractivity contribution in [3.05, 3.63) is 21.9 Å². The molecule has 4 nitrogen and oxygen atoms in total. The maximum atomic E-state index is 13.0. The number of nitrogens with zero attached hydrogens (tertiary/aromatic N) is 1. The number of rotatable bonds is 3. The van der Waals surface area contributed by atoms with Gasteiger partial charge in [0, 0.05) is 17.3 Å². The van der Waals surface area contributed by atoms with Crippen LogP contribution in [0.3, 0.4) is 0 Å². The van der Waals surface area contributed by atoms with E-state index in [1.807, 2.05) is 4.90 Å². The van der Waals surface area contributed by atoms with Gasteiger partial charge in [-0.15, -0.1) is 11.3 Å². The highest BCUT2D eigenvalue weighted by Crippen LogP contribution is 2.38. The van der Waals surface area contributed by atoms with E-state index in [1.54, 1.807) is 11.3 Å². The molecular formula is C17H23NO3S. The fourth-order valence-corrected chi connectivity index (χ4v) is 4.90. The molecule has 5 heteroatoms. The first-order valence-electron chi connectivity index (χ1n) is 8.21. The lowest BCUT2D eigenvalue weighted by molar-refractivity contribution is -0.146. The molecule has 0 spiro atoms. The van der Waals surface area contributed by atoms with Crippen molar-refractivity contribution in [1.29, 1.82) is 0 Å². The third-order valence-electron chi connectivity index (χ3n) is 5.14. The molecule has 0 saturated heterocycles. The lowest BCUT2D eigenvalue weighted by atomic mass is 9.80. The molecule has 2 aliphatic rings. The molecular weight excluding hydrogens is 298 g/mol. The van der Waals surface area contributed by atoms with Gasteiger partial charge in [0.05, 0.1) is 12.0 Å². The number of carboxylic acids is 1. The standard InChI is InChI=1S/C17H23NO3S/c1-2-14-13-7-9-22-15(13)6-8-18(14)16(19)11-4-3-5-12(10-11)17(20)21/h7,9,11-12,14H,2-6,8,10H2,1H3,(H,20,21). The lowest BCUT2D eigenvalue weighted by Gasteiger charge is -2.39. The smallest absolute Gasteiger partial charge is 0.306 e. The van der Waals surface area contributed by atoms with E-state index in [1.165, 1.54) is 10.4 Å². The van der Waals surface area contributed by atoms with Crippen LogP contribution >= 0.6 is 11.3 Å². The van der Waals surface area contributed by atoms with E-state index >= 15 is 0 Å². The van der Waals surface area contributed by atoms with Crippen LogP contribution < -0.4 is 0 Å². The summed E-state index contributed by atoms with van der Waals surface area (Å²) in [6, 6.07) is 2.32. The normalized spacial score (nSPS) is 28.2. The summed E-state index contributed by atoms with van der Waals surface area (Å²) in [5, 5.41) is 11.3. The largest absolute Gasteiger partial charge is 0.481 e. The van der Waals surface area contributed by atoms with E-state index in [-0.39, 0.29) is 23.8 Å². The van der Waals surface area contributed by atoms with E-state index in [0.29, 0.717) is 12.8 Å². The van der Waals surface area contributed by atoms with E-state index in [0.717, 1.165) is 32.2 Å². The van der Waals surface area contributed by atoms with Crippen LogP contribution in [0.1, 0.15) is 55.5 Å². The SMILES string of the molecule is CCC1c2ccsc2CCN1C(=O)C1CCCC(C(=O)O)C1. The molecule has 0 aromatic carbocycles. The highest BCUT2D eigenvalue weighted by molar-refractivity contribution is 7.10. The van der Waals surface area contributed by atoms with Crippen LogP contribution in [0, 0.1) is 11.8 Å². The van der Waals surface area contributed by atoms with Gasteiger partial charge >= 0.3 is 5.97 Å².